The average Bonchev–Trinajstić information content (AvgIpc) is 2.24. The van der Waals surface area contributed by atoms with Crippen LogP contribution in [0.5, 0.6) is 0 Å². The molecule has 0 aromatic carbocycles. The normalized spacial score (nSPS) is 9.47. The fraction of sp³-hybridized carbons (Fsp3) is 0.600. The van der Waals surface area contributed by atoms with Crippen LogP contribution in [0, 0.1) is 5.92 Å². The minimum absolute atomic E-state index is 0. The fourth-order valence-corrected chi connectivity index (χ4v) is 0.801. The third-order valence-electron chi connectivity index (χ3n) is 1.42. The molecule has 0 aliphatic heterocycles. The molecule has 0 rings (SSSR count). The molecule has 0 heterocycles. The molecule has 0 aliphatic carbocycles. The predicted molar refractivity (Wildman–Crippen MR) is 77.4 cm³/mol. The van der Waals surface area contributed by atoms with Gasteiger partial charge in [-0.25, -0.2) is 0 Å². The monoisotopic (exact) mass is 212 g/mol. The lowest BCUT2D eigenvalue weighted by molar-refractivity contribution is 0.789. The van der Waals surface area contributed by atoms with Crippen molar-refractivity contribution in [3.8, 4) is 0 Å². The van der Waals surface area contributed by atoms with E-state index in [1.807, 2.05) is 33.8 Å². The molecule has 0 aliphatic rings. The molecule has 15 heavy (non-hydrogen) atoms. The van der Waals surface area contributed by atoms with Crippen molar-refractivity contribution in [1.29, 1.82) is 0 Å². The van der Waals surface area contributed by atoms with Gasteiger partial charge in [-0.05, 0) is 18.4 Å². The van der Waals surface area contributed by atoms with Gasteiger partial charge in [0.2, 0.25) is 0 Å². The second-order valence-corrected chi connectivity index (χ2v) is 2.54. The minimum Gasteiger partial charge on any atom is -0.0991 e. The number of rotatable bonds is 3. The number of allylic oxidation sites excluding steroid dienone is 5. The second kappa shape index (κ2) is 23.2. The predicted octanol–water partition coefficient (Wildman–Crippen LogP) is 6.02. The van der Waals surface area contributed by atoms with Crippen molar-refractivity contribution in [2.24, 2.45) is 5.92 Å². The van der Waals surface area contributed by atoms with Gasteiger partial charge in [0.25, 0.3) is 0 Å². The maximum Gasteiger partial charge on any atom is -0.0222 e. The number of hydrogen-bond acceptors (Lipinski definition) is 0. The molecule has 0 fully saturated rings. The van der Waals surface area contributed by atoms with Crippen LogP contribution in [0.15, 0.2) is 36.5 Å². The van der Waals surface area contributed by atoms with E-state index >= 15 is 0 Å². The summed E-state index contributed by atoms with van der Waals surface area (Å²) in [4.78, 5) is 0. The van der Waals surface area contributed by atoms with Crippen LogP contribution in [0.25, 0.3) is 0 Å². The summed E-state index contributed by atoms with van der Waals surface area (Å²) in [6.45, 7) is 18.0. The summed E-state index contributed by atoms with van der Waals surface area (Å²) in [7, 11) is 0. The van der Waals surface area contributed by atoms with Gasteiger partial charge in [-0.1, -0.05) is 79.9 Å². The van der Waals surface area contributed by atoms with Crippen LogP contribution < -0.4 is 0 Å². The Balaban J connectivity index is -0.000000107. The van der Waals surface area contributed by atoms with Crippen molar-refractivity contribution >= 4 is 0 Å². The zero-order chi connectivity index (χ0) is 12.0. The van der Waals surface area contributed by atoms with E-state index in [4.69, 9.17) is 0 Å². The highest BCUT2D eigenvalue weighted by Crippen LogP contribution is 2.09. The van der Waals surface area contributed by atoms with E-state index in [1.54, 1.807) is 6.08 Å². The van der Waals surface area contributed by atoms with Crippen molar-refractivity contribution in [2.45, 2.75) is 55.9 Å². The Morgan fingerprint density at radius 3 is 1.67 bits per heavy atom. The lowest BCUT2D eigenvalue weighted by Crippen LogP contribution is -1.88. The van der Waals surface area contributed by atoms with Crippen LogP contribution in [-0.2, 0) is 0 Å². The first-order valence-corrected chi connectivity index (χ1v) is 5.67. The van der Waals surface area contributed by atoms with Gasteiger partial charge < -0.3 is 0 Å². The van der Waals surface area contributed by atoms with Crippen molar-refractivity contribution in [3.63, 3.8) is 0 Å². The first-order chi connectivity index (χ1) is 6.72. The molecule has 0 N–H and O–H groups in total. The zero-order valence-electron chi connectivity index (χ0n) is 11.1. The van der Waals surface area contributed by atoms with Gasteiger partial charge in [0, 0.05) is 0 Å². The van der Waals surface area contributed by atoms with Gasteiger partial charge in [-0.3, -0.25) is 0 Å². The zero-order valence-corrected chi connectivity index (χ0v) is 11.1. The molecule has 0 saturated carbocycles. The Morgan fingerprint density at radius 1 is 1.07 bits per heavy atom. The molecule has 0 atom stereocenters. The quantitative estimate of drug-likeness (QED) is 0.502. The fourth-order valence-electron chi connectivity index (χ4n) is 0.801. The van der Waals surface area contributed by atoms with E-state index in [2.05, 4.69) is 39.5 Å². The molecule has 92 valence electrons. The second-order valence-electron chi connectivity index (χ2n) is 2.54. The summed E-state index contributed by atoms with van der Waals surface area (Å²) in [5.74, 6) is 0.612. The summed E-state index contributed by atoms with van der Waals surface area (Å²) >= 11 is 0. The molecule has 0 amide bonds. The molecule has 0 nitrogen and oxygen atoms in total. The van der Waals surface area contributed by atoms with Crippen molar-refractivity contribution < 1.29 is 0 Å². The molecule has 0 saturated heterocycles. The van der Waals surface area contributed by atoms with E-state index in [-0.39, 0.29) is 7.43 Å². The van der Waals surface area contributed by atoms with Gasteiger partial charge in [0.05, 0.1) is 0 Å². The minimum atomic E-state index is 0. The third-order valence-corrected chi connectivity index (χ3v) is 1.42. The third kappa shape index (κ3) is 19.6. The molecule has 0 aromatic heterocycles. The molecular formula is C15H32. The van der Waals surface area contributed by atoms with E-state index in [0.29, 0.717) is 5.92 Å². The van der Waals surface area contributed by atoms with Crippen LogP contribution in [0.3, 0.4) is 0 Å². The van der Waals surface area contributed by atoms with Gasteiger partial charge in [0.1, 0.15) is 0 Å². The first-order valence-electron chi connectivity index (χ1n) is 5.67. The molecular weight excluding hydrogens is 180 g/mol. The standard InChI is InChI=1S/C10H16.2C2H6.CH4/c1-5-7-8-10(6-2)9(3)4;2*1-2;/h5-9H,1H2,2-4H3;2*1-2H3;1H4/b8-7-,10-6+;;;. The Hall–Kier alpha value is -0.780. The molecule has 0 aromatic rings. The van der Waals surface area contributed by atoms with Crippen molar-refractivity contribution in [3.05, 3.63) is 36.5 Å². The first kappa shape index (κ1) is 23.8. The maximum atomic E-state index is 3.61. The smallest absolute Gasteiger partial charge is 0.0222 e. The topological polar surface area (TPSA) is 0 Å². The summed E-state index contributed by atoms with van der Waals surface area (Å²) in [5, 5.41) is 0. The highest BCUT2D eigenvalue weighted by Gasteiger charge is 1.94. The SMILES string of the molecule is C.C=C/C=C\C(=C/C)C(C)C.CC.CC. The molecule has 0 spiro atoms. The summed E-state index contributed by atoms with van der Waals surface area (Å²) < 4.78 is 0. The van der Waals surface area contributed by atoms with E-state index in [9.17, 15) is 0 Å². The Kier molecular flexibility index (Phi) is 36.8. The lowest BCUT2D eigenvalue weighted by atomic mass is 10.0. The summed E-state index contributed by atoms with van der Waals surface area (Å²) in [6.07, 6.45) is 7.99. The molecule has 0 heteroatoms. The van der Waals surface area contributed by atoms with Crippen LogP contribution in [0.2, 0.25) is 0 Å². The molecule has 0 bridgehead atoms. The van der Waals surface area contributed by atoms with Gasteiger partial charge in [-0.15, -0.1) is 0 Å². The van der Waals surface area contributed by atoms with E-state index < -0.39 is 0 Å². The largest absolute Gasteiger partial charge is 0.0991 e. The van der Waals surface area contributed by atoms with Crippen molar-refractivity contribution in [2.75, 3.05) is 0 Å². The highest BCUT2D eigenvalue weighted by molar-refractivity contribution is 5.22. The van der Waals surface area contributed by atoms with Crippen LogP contribution >= 0.6 is 0 Å². The Labute approximate surface area is 98.8 Å². The Morgan fingerprint density at radius 2 is 1.47 bits per heavy atom. The lowest BCUT2D eigenvalue weighted by Gasteiger charge is -2.03. The molecule has 0 radical (unpaired) electrons. The number of hydrogen-bond donors (Lipinski definition) is 0. The van der Waals surface area contributed by atoms with Crippen molar-refractivity contribution in [1.82, 2.24) is 0 Å². The Bertz CT molecular complexity index is 147. The summed E-state index contributed by atoms with van der Waals surface area (Å²) in [5.41, 5.74) is 1.36. The van der Waals surface area contributed by atoms with E-state index in [0.717, 1.165) is 0 Å². The van der Waals surface area contributed by atoms with Gasteiger partial charge >= 0.3 is 0 Å². The summed E-state index contributed by atoms with van der Waals surface area (Å²) in [6, 6.07) is 0. The van der Waals surface area contributed by atoms with Crippen LogP contribution in [0.1, 0.15) is 55.9 Å². The van der Waals surface area contributed by atoms with Gasteiger partial charge in [0.15, 0.2) is 0 Å². The molecule has 0 unspecified atom stereocenters. The van der Waals surface area contributed by atoms with Gasteiger partial charge in [-0.2, -0.15) is 0 Å². The maximum absolute atomic E-state index is 3.61. The highest BCUT2D eigenvalue weighted by atomic mass is 14.0. The van der Waals surface area contributed by atoms with Crippen LogP contribution in [-0.4, -0.2) is 0 Å². The average molecular weight is 212 g/mol. The van der Waals surface area contributed by atoms with E-state index in [1.165, 1.54) is 5.57 Å². The van der Waals surface area contributed by atoms with Crippen LogP contribution in [0.4, 0.5) is 0 Å².